The summed E-state index contributed by atoms with van der Waals surface area (Å²) in [6.45, 7) is 5.72. The Bertz CT molecular complexity index is 764. The fourth-order valence-corrected chi connectivity index (χ4v) is 3.22. The maximum absolute atomic E-state index is 12.9. The molecule has 0 saturated carbocycles. The Hall–Kier alpha value is -2.15. The number of halogens is 3. The molecular formula is C18H19F3N2OS. The Labute approximate surface area is 147 Å². The molecule has 25 heavy (non-hydrogen) atoms. The predicted octanol–water partition coefficient (Wildman–Crippen LogP) is 4.11. The van der Waals surface area contributed by atoms with Crippen LogP contribution >= 0.6 is 0 Å². The molecule has 1 N–H and O–H groups in total. The van der Waals surface area contributed by atoms with Gasteiger partial charge in [-0.25, -0.2) is 0 Å². The van der Waals surface area contributed by atoms with Gasteiger partial charge in [0.1, 0.15) is 5.84 Å². The smallest absolute Gasteiger partial charge is 0.341 e. The minimum absolute atomic E-state index is 0.149. The molecule has 0 aromatic heterocycles. The maximum Gasteiger partial charge on any atom is 0.416 e. The summed E-state index contributed by atoms with van der Waals surface area (Å²) < 4.78 is 50.9. The van der Waals surface area contributed by atoms with E-state index in [2.05, 4.69) is 16.9 Å². The molecule has 1 unspecified atom stereocenters. The number of nitrogens with one attached hydrogen (secondary N) is 1. The molecule has 0 saturated heterocycles. The summed E-state index contributed by atoms with van der Waals surface area (Å²) in [4.78, 5) is 5.00. The second-order valence-electron chi connectivity index (χ2n) is 5.29. The lowest BCUT2D eigenvalue weighted by molar-refractivity contribution is -0.0884. The van der Waals surface area contributed by atoms with Crippen LogP contribution in [0.3, 0.4) is 0 Å². The Morgan fingerprint density at radius 1 is 1.28 bits per heavy atom. The number of nitrogens with zero attached hydrogens (tertiary/aromatic N) is 1. The Balaban J connectivity index is 2.38. The van der Waals surface area contributed by atoms with Crippen LogP contribution in [0.25, 0.3) is 0 Å². The highest BCUT2D eigenvalue weighted by Gasteiger charge is 2.31. The highest BCUT2D eigenvalue weighted by Crippen LogP contribution is 2.27. The molecule has 0 bridgehead atoms. The number of aliphatic imine (C=N–C) groups is 1. The van der Waals surface area contributed by atoms with Crippen molar-refractivity contribution in [2.75, 3.05) is 12.3 Å². The number of benzene rings is 1. The lowest BCUT2D eigenvalue weighted by atomic mass is 10.1. The molecule has 0 fully saturated rings. The molecule has 1 heterocycles. The summed E-state index contributed by atoms with van der Waals surface area (Å²) in [5.74, 6) is 0.916. The third-order valence-electron chi connectivity index (χ3n) is 3.48. The molecule has 2 rings (SSSR count). The van der Waals surface area contributed by atoms with Crippen LogP contribution in [0, 0.1) is 0 Å². The lowest BCUT2D eigenvalue weighted by Gasteiger charge is -2.15. The fraction of sp³-hybridized carbons (Fsp3) is 0.278. The molecule has 1 aromatic rings. The van der Waals surface area contributed by atoms with E-state index in [-0.39, 0.29) is 18.7 Å². The molecule has 3 nitrogen and oxygen atoms in total. The van der Waals surface area contributed by atoms with E-state index in [9.17, 15) is 17.4 Å². The first-order chi connectivity index (χ1) is 11.8. The van der Waals surface area contributed by atoms with Gasteiger partial charge in [0.25, 0.3) is 0 Å². The van der Waals surface area contributed by atoms with Crippen LogP contribution in [0.5, 0.6) is 0 Å². The Kier molecular flexibility index (Phi) is 6.36. The summed E-state index contributed by atoms with van der Waals surface area (Å²) >= 11 is 0. The molecule has 1 aromatic carbocycles. The van der Waals surface area contributed by atoms with Gasteiger partial charge in [-0.15, -0.1) is 0 Å². The summed E-state index contributed by atoms with van der Waals surface area (Å²) in [7, 11) is -1.18. The summed E-state index contributed by atoms with van der Waals surface area (Å²) in [6.07, 6.45) is -0.886. The van der Waals surface area contributed by atoms with Gasteiger partial charge < -0.3 is 5.32 Å². The van der Waals surface area contributed by atoms with Crippen molar-refractivity contribution >= 4 is 16.6 Å². The molecule has 0 aliphatic carbocycles. The number of rotatable bonds is 3. The monoisotopic (exact) mass is 368 g/mol. The first kappa shape index (κ1) is 19.2. The van der Waals surface area contributed by atoms with E-state index in [0.717, 1.165) is 12.2 Å². The van der Waals surface area contributed by atoms with E-state index in [0.29, 0.717) is 22.0 Å². The summed E-state index contributed by atoms with van der Waals surface area (Å²) in [5.41, 5.74) is 0.215. The zero-order valence-electron chi connectivity index (χ0n) is 13.8. The van der Waals surface area contributed by atoms with Gasteiger partial charge >= 0.3 is 6.18 Å². The van der Waals surface area contributed by atoms with Crippen LogP contribution in [-0.2, 0) is 10.8 Å². The molecular weight excluding hydrogens is 349 g/mol. The average molecular weight is 368 g/mol. The van der Waals surface area contributed by atoms with Gasteiger partial charge in [-0.1, -0.05) is 37.8 Å². The van der Waals surface area contributed by atoms with Crippen LogP contribution in [0.4, 0.5) is 13.2 Å². The van der Waals surface area contributed by atoms with E-state index >= 15 is 0 Å². The van der Waals surface area contributed by atoms with Gasteiger partial charge in [0.2, 0.25) is 0 Å². The summed E-state index contributed by atoms with van der Waals surface area (Å²) in [6, 6.07) is 7.14. The zero-order chi connectivity index (χ0) is 18.4. The van der Waals surface area contributed by atoms with E-state index in [1.54, 1.807) is 24.3 Å². The second-order valence-corrected chi connectivity index (χ2v) is 7.00. The van der Waals surface area contributed by atoms with Crippen molar-refractivity contribution in [3.05, 3.63) is 65.9 Å². The maximum atomic E-state index is 12.9. The first-order valence-electron chi connectivity index (χ1n) is 7.76. The molecule has 1 atom stereocenters. The number of hydrogen-bond acceptors (Lipinski definition) is 3. The molecule has 1 aliphatic heterocycles. The number of allylic oxidation sites excluding steroid dienone is 3. The quantitative estimate of drug-likeness (QED) is 0.872. The number of amidine groups is 1. The van der Waals surface area contributed by atoms with Crippen LogP contribution < -0.4 is 5.32 Å². The minimum Gasteiger partial charge on any atom is -0.341 e. The van der Waals surface area contributed by atoms with Gasteiger partial charge in [-0.2, -0.15) is 13.2 Å². The highest BCUT2D eigenvalue weighted by atomic mass is 32.2. The zero-order valence-corrected chi connectivity index (χ0v) is 14.6. The van der Waals surface area contributed by atoms with Crippen molar-refractivity contribution < 1.29 is 17.4 Å². The Morgan fingerprint density at radius 2 is 2.00 bits per heavy atom. The predicted molar refractivity (Wildman–Crippen MR) is 95.0 cm³/mol. The Morgan fingerprint density at radius 3 is 2.68 bits per heavy atom. The van der Waals surface area contributed by atoms with Crippen molar-refractivity contribution in [3.63, 3.8) is 0 Å². The standard InChI is InChI=1S/C18H19F3N2OS/c1-3-25(24)16-9-5-4-8-15(16)17-22-12-6-7-14(18(19,20)21)11-10-13(2)23-17/h4-5,7-11H,2-3,6,12H2,1H3,(H,22,23)/b11-10-,14-7+. The molecule has 0 radical (unpaired) electrons. The molecule has 7 heteroatoms. The number of hydrogen-bond donors (Lipinski definition) is 1. The molecule has 0 spiro atoms. The van der Waals surface area contributed by atoms with Crippen molar-refractivity contribution in [2.45, 2.75) is 24.4 Å². The van der Waals surface area contributed by atoms with Gasteiger partial charge in [0.05, 0.1) is 16.4 Å². The van der Waals surface area contributed by atoms with Crippen LogP contribution in [0.15, 0.2) is 70.2 Å². The van der Waals surface area contributed by atoms with Crippen LogP contribution in [-0.4, -0.2) is 28.5 Å². The van der Waals surface area contributed by atoms with Gasteiger partial charge in [0.15, 0.2) is 0 Å². The second kappa shape index (κ2) is 8.29. The molecule has 0 amide bonds. The largest absolute Gasteiger partial charge is 0.416 e. The SMILES string of the molecule is C=C1/C=C\C(C(F)(F)F)=C/CCN=C(c2ccccc2S(=O)CC)N1. The molecule has 134 valence electrons. The number of alkyl halides is 3. The molecule has 1 aliphatic rings. The van der Waals surface area contributed by atoms with E-state index < -0.39 is 22.5 Å². The van der Waals surface area contributed by atoms with Gasteiger partial charge in [-0.05, 0) is 24.6 Å². The van der Waals surface area contributed by atoms with Crippen molar-refractivity contribution in [2.24, 2.45) is 4.99 Å². The highest BCUT2D eigenvalue weighted by molar-refractivity contribution is 7.85. The minimum atomic E-state index is -4.41. The topological polar surface area (TPSA) is 41.5 Å². The van der Waals surface area contributed by atoms with Gasteiger partial charge in [0, 0.05) is 28.5 Å². The summed E-state index contributed by atoms with van der Waals surface area (Å²) in [5, 5.41) is 2.93. The van der Waals surface area contributed by atoms with Crippen molar-refractivity contribution in [3.8, 4) is 0 Å². The van der Waals surface area contributed by atoms with E-state index in [1.807, 2.05) is 6.92 Å². The van der Waals surface area contributed by atoms with Gasteiger partial charge in [-0.3, -0.25) is 9.20 Å². The third kappa shape index (κ3) is 5.16. The van der Waals surface area contributed by atoms with Crippen molar-refractivity contribution in [1.82, 2.24) is 5.32 Å². The first-order valence-corrected chi connectivity index (χ1v) is 9.08. The average Bonchev–Trinajstić information content (AvgIpc) is 2.58. The van der Waals surface area contributed by atoms with Crippen LogP contribution in [0.2, 0.25) is 0 Å². The normalized spacial score (nSPS) is 20.7. The van der Waals surface area contributed by atoms with E-state index in [4.69, 9.17) is 0 Å². The lowest BCUT2D eigenvalue weighted by Crippen LogP contribution is -2.25. The third-order valence-corrected chi connectivity index (χ3v) is 4.85. The van der Waals surface area contributed by atoms with Crippen molar-refractivity contribution in [1.29, 1.82) is 0 Å². The van der Waals surface area contributed by atoms with E-state index in [1.165, 1.54) is 6.08 Å². The fourth-order valence-electron chi connectivity index (χ4n) is 2.27. The van der Waals surface area contributed by atoms with Crippen LogP contribution in [0.1, 0.15) is 18.9 Å².